The molecule has 1 saturated heterocycles. The molecular weight excluding hydrogens is 332 g/mol. The molecule has 1 amide bonds. The van der Waals surface area contributed by atoms with Crippen LogP contribution in [0.25, 0.3) is 11.0 Å². The molecule has 1 unspecified atom stereocenters. The number of nitrogens with one attached hydrogen (secondary N) is 1. The molecule has 1 atom stereocenters. The molecule has 2 aromatic heterocycles. The average Bonchev–Trinajstić information content (AvgIpc) is 3.20. The number of aryl methyl sites for hydroxylation is 1. The molecule has 1 aromatic carbocycles. The van der Waals surface area contributed by atoms with Crippen LogP contribution in [0.1, 0.15) is 29.4 Å². The van der Waals surface area contributed by atoms with E-state index in [9.17, 15) is 4.79 Å². The first-order valence-corrected chi connectivity index (χ1v) is 9.68. The van der Waals surface area contributed by atoms with Crippen LogP contribution in [0.2, 0.25) is 0 Å². The van der Waals surface area contributed by atoms with Gasteiger partial charge in [0.15, 0.2) is 0 Å². The van der Waals surface area contributed by atoms with Gasteiger partial charge in [0.25, 0.3) is 0 Å². The number of carbonyl (C=O) groups is 1. The van der Waals surface area contributed by atoms with Crippen molar-refractivity contribution < 1.29 is 4.79 Å². The number of hydrogen-bond acceptors (Lipinski definition) is 4. The van der Waals surface area contributed by atoms with Gasteiger partial charge in [-0.15, -0.1) is 11.3 Å². The van der Waals surface area contributed by atoms with Gasteiger partial charge in [0.1, 0.15) is 5.82 Å². The number of para-hydroxylation sites is 2. The standard InChI is InChI=1S/C19H22N4OS/c1-13-20-15(12-25-13)10-19(24)23-8-4-5-14(11-23)9-18-21-16-6-2-3-7-17(16)22-18/h2-3,6-7,12,14H,4-5,8-11H2,1H3,(H,21,22). The normalized spacial score (nSPS) is 18.0. The first-order valence-electron chi connectivity index (χ1n) is 8.80. The van der Waals surface area contributed by atoms with Crippen LogP contribution < -0.4 is 0 Å². The van der Waals surface area contributed by atoms with Gasteiger partial charge in [0.2, 0.25) is 5.91 Å². The molecule has 0 radical (unpaired) electrons. The summed E-state index contributed by atoms with van der Waals surface area (Å²) in [5.74, 6) is 1.69. The molecular formula is C19H22N4OS. The first kappa shape index (κ1) is 16.3. The van der Waals surface area contributed by atoms with E-state index in [0.29, 0.717) is 12.3 Å². The van der Waals surface area contributed by atoms with Crippen molar-refractivity contribution in [3.8, 4) is 0 Å². The molecule has 6 heteroatoms. The van der Waals surface area contributed by atoms with Crippen LogP contribution in [0, 0.1) is 12.8 Å². The molecule has 3 aromatic rings. The topological polar surface area (TPSA) is 61.9 Å². The van der Waals surface area contributed by atoms with Crippen LogP contribution in [0.3, 0.4) is 0 Å². The van der Waals surface area contributed by atoms with E-state index >= 15 is 0 Å². The van der Waals surface area contributed by atoms with Crippen molar-refractivity contribution in [2.45, 2.75) is 32.6 Å². The van der Waals surface area contributed by atoms with Crippen LogP contribution >= 0.6 is 11.3 Å². The molecule has 130 valence electrons. The summed E-state index contributed by atoms with van der Waals surface area (Å²) in [6.07, 6.45) is 3.53. The molecule has 0 bridgehead atoms. The molecule has 1 fully saturated rings. The Labute approximate surface area is 151 Å². The van der Waals surface area contributed by atoms with Crippen molar-refractivity contribution >= 4 is 28.3 Å². The fourth-order valence-corrected chi connectivity index (χ4v) is 4.20. The summed E-state index contributed by atoms with van der Waals surface area (Å²) in [5, 5.41) is 3.01. The summed E-state index contributed by atoms with van der Waals surface area (Å²) in [7, 11) is 0. The third-order valence-electron chi connectivity index (χ3n) is 4.79. The summed E-state index contributed by atoms with van der Waals surface area (Å²) in [6.45, 7) is 3.65. The highest BCUT2D eigenvalue weighted by molar-refractivity contribution is 7.09. The Morgan fingerprint density at radius 2 is 2.24 bits per heavy atom. The fourth-order valence-electron chi connectivity index (χ4n) is 3.59. The van der Waals surface area contributed by atoms with Crippen LogP contribution in [0.4, 0.5) is 0 Å². The molecule has 4 rings (SSSR count). The third kappa shape index (κ3) is 3.74. The number of aromatic amines is 1. The molecule has 0 spiro atoms. The van der Waals surface area contributed by atoms with Gasteiger partial charge in [-0.2, -0.15) is 0 Å². The number of hydrogen-bond donors (Lipinski definition) is 1. The summed E-state index contributed by atoms with van der Waals surface area (Å²) >= 11 is 1.60. The van der Waals surface area contributed by atoms with Gasteiger partial charge in [0, 0.05) is 24.9 Å². The number of amides is 1. The highest BCUT2D eigenvalue weighted by Crippen LogP contribution is 2.22. The highest BCUT2D eigenvalue weighted by Gasteiger charge is 2.25. The maximum atomic E-state index is 12.6. The van der Waals surface area contributed by atoms with E-state index in [0.717, 1.165) is 59.9 Å². The molecule has 0 aliphatic carbocycles. The van der Waals surface area contributed by atoms with E-state index in [4.69, 9.17) is 0 Å². The minimum Gasteiger partial charge on any atom is -0.342 e. The van der Waals surface area contributed by atoms with Crippen molar-refractivity contribution in [3.63, 3.8) is 0 Å². The van der Waals surface area contributed by atoms with Gasteiger partial charge in [-0.1, -0.05) is 12.1 Å². The van der Waals surface area contributed by atoms with E-state index in [-0.39, 0.29) is 5.91 Å². The lowest BCUT2D eigenvalue weighted by atomic mass is 9.94. The number of piperidine rings is 1. The monoisotopic (exact) mass is 354 g/mol. The summed E-state index contributed by atoms with van der Waals surface area (Å²) in [6, 6.07) is 8.11. The molecule has 1 N–H and O–H groups in total. The largest absolute Gasteiger partial charge is 0.342 e. The van der Waals surface area contributed by atoms with Gasteiger partial charge >= 0.3 is 0 Å². The molecule has 25 heavy (non-hydrogen) atoms. The van der Waals surface area contributed by atoms with E-state index in [1.807, 2.05) is 35.4 Å². The fraction of sp³-hybridized carbons (Fsp3) is 0.421. The number of carbonyl (C=O) groups excluding carboxylic acids is 1. The second-order valence-corrected chi connectivity index (χ2v) is 7.85. The second kappa shape index (κ2) is 6.96. The van der Waals surface area contributed by atoms with Gasteiger partial charge < -0.3 is 9.88 Å². The van der Waals surface area contributed by atoms with Crippen molar-refractivity contribution in [3.05, 3.63) is 46.2 Å². The third-order valence-corrected chi connectivity index (χ3v) is 5.61. The quantitative estimate of drug-likeness (QED) is 0.781. The zero-order valence-corrected chi connectivity index (χ0v) is 15.2. The van der Waals surface area contributed by atoms with E-state index in [1.165, 1.54) is 0 Å². The molecule has 0 saturated carbocycles. The van der Waals surface area contributed by atoms with Crippen LogP contribution in [0.15, 0.2) is 29.6 Å². The summed E-state index contributed by atoms with van der Waals surface area (Å²) in [4.78, 5) is 27.1. The SMILES string of the molecule is Cc1nc(CC(=O)N2CCCC(Cc3nc4ccccc4[nH]3)C2)cs1. The first-order chi connectivity index (χ1) is 12.2. The molecule has 3 heterocycles. The van der Waals surface area contributed by atoms with Crippen LogP contribution in [0.5, 0.6) is 0 Å². The highest BCUT2D eigenvalue weighted by atomic mass is 32.1. The van der Waals surface area contributed by atoms with E-state index < -0.39 is 0 Å². The van der Waals surface area contributed by atoms with Crippen molar-refractivity contribution in [1.29, 1.82) is 0 Å². The Kier molecular flexibility index (Phi) is 4.53. The summed E-state index contributed by atoms with van der Waals surface area (Å²) < 4.78 is 0. The second-order valence-electron chi connectivity index (χ2n) is 6.79. The average molecular weight is 354 g/mol. The molecule has 1 aliphatic rings. The minimum absolute atomic E-state index is 0.194. The number of benzene rings is 1. The van der Waals surface area contributed by atoms with E-state index in [1.54, 1.807) is 11.3 Å². The number of nitrogens with zero attached hydrogens (tertiary/aromatic N) is 3. The predicted octanol–water partition coefficient (Wildman–Crippen LogP) is 3.35. The van der Waals surface area contributed by atoms with Crippen molar-refractivity contribution in [2.75, 3.05) is 13.1 Å². The van der Waals surface area contributed by atoms with Gasteiger partial charge in [-0.05, 0) is 37.8 Å². The number of imidazole rings is 1. The van der Waals surface area contributed by atoms with Gasteiger partial charge in [-0.25, -0.2) is 9.97 Å². The zero-order valence-electron chi connectivity index (χ0n) is 14.4. The number of rotatable bonds is 4. The lowest BCUT2D eigenvalue weighted by molar-refractivity contribution is -0.132. The lowest BCUT2D eigenvalue weighted by Gasteiger charge is -2.32. The van der Waals surface area contributed by atoms with Crippen molar-refractivity contribution in [2.24, 2.45) is 5.92 Å². The Bertz CT molecular complexity index is 851. The minimum atomic E-state index is 0.194. The van der Waals surface area contributed by atoms with Gasteiger partial charge in [-0.3, -0.25) is 4.79 Å². The molecule has 1 aliphatic heterocycles. The van der Waals surface area contributed by atoms with Crippen LogP contribution in [-0.4, -0.2) is 38.8 Å². The predicted molar refractivity (Wildman–Crippen MR) is 99.7 cm³/mol. The number of thiazole rings is 1. The number of H-pyrrole nitrogens is 1. The smallest absolute Gasteiger partial charge is 0.228 e. The Hall–Kier alpha value is -2.21. The zero-order chi connectivity index (χ0) is 17.2. The lowest BCUT2D eigenvalue weighted by Crippen LogP contribution is -2.41. The Morgan fingerprint density at radius 3 is 3.04 bits per heavy atom. The van der Waals surface area contributed by atoms with Crippen molar-refractivity contribution in [1.82, 2.24) is 19.9 Å². The Morgan fingerprint density at radius 1 is 1.36 bits per heavy atom. The maximum absolute atomic E-state index is 12.6. The number of fused-ring (bicyclic) bond motifs is 1. The van der Waals surface area contributed by atoms with Crippen LogP contribution in [-0.2, 0) is 17.6 Å². The summed E-state index contributed by atoms with van der Waals surface area (Å²) in [5.41, 5.74) is 2.99. The van der Waals surface area contributed by atoms with E-state index in [2.05, 4.69) is 21.0 Å². The Balaban J connectivity index is 1.39. The number of likely N-dealkylation sites (tertiary alicyclic amines) is 1. The number of aromatic nitrogens is 3. The molecule has 5 nitrogen and oxygen atoms in total. The van der Waals surface area contributed by atoms with Gasteiger partial charge in [0.05, 0.1) is 28.2 Å². The maximum Gasteiger partial charge on any atom is 0.228 e.